The summed E-state index contributed by atoms with van der Waals surface area (Å²) >= 11 is 0. The molecule has 98 valence electrons. The fourth-order valence-electron chi connectivity index (χ4n) is 2.53. The maximum absolute atomic E-state index is 13.2. The van der Waals surface area contributed by atoms with Crippen molar-refractivity contribution in [3.63, 3.8) is 0 Å². The molecule has 0 aromatic heterocycles. The Balaban J connectivity index is 1.97. The lowest BCUT2D eigenvalue weighted by atomic mass is 10.1. The Morgan fingerprint density at radius 2 is 2.05 bits per heavy atom. The second-order valence-electron chi connectivity index (χ2n) is 4.66. The third-order valence-corrected chi connectivity index (χ3v) is 3.50. The monoisotopic (exact) mass is 258 g/mol. The van der Waals surface area contributed by atoms with E-state index in [-0.39, 0.29) is 5.82 Å². The molecular weight excluding hydrogens is 243 g/mol. The number of nitrogen functional groups attached to an aromatic ring is 1. The van der Waals surface area contributed by atoms with Gasteiger partial charge >= 0.3 is 0 Å². The predicted octanol–water partition coefficient (Wildman–Crippen LogP) is 2.94. The zero-order chi connectivity index (χ0) is 13.4. The van der Waals surface area contributed by atoms with Crippen molar-refractivity contribution in [1.82, 2.24) is 0 Å². The highest BCUT2D eigenvalue weighted by Crippen LogP contribution is 2.36. The van der Waals surface area contributed by atoms with Crippen molar-refractivity contribution in [3.8, 4) is 5.75 Å². The summed E-state index contributed by atoms with van der Waals surface area (Å²) in [5.74, 6) is 0.253. The molecule has 3 rings (SSSR count). The quantitative estimate of drug-likeness (QED) is 0.842. The van der Waals surface area contributed by atoms with E-state index in [1.165, 1.54) is 17.7 Å². The molecule has 0 radical (unpaired) electrons. The fraction of sp³-hybridized carbons (Fsp3) is 0.200. The number of methoxy groups -OCH3 is 1. The van der Waals surface area contributed by atoms with Crippen molar-refractivity contribution in [2.45, 2.75) is 13.1 Å². The average Bonchev–Trinajstić information content (AvgIpc) is 2.83. The number of halogens is 1. The van der Waals surface area contributed by atoms with Gasteiger partial charge < -0.3 is 15.4 Å². The Hall–Kier alpha value is -2.23. The smallest absolute Gasteiger partial charge is 0.145 e. The van der Waals surface area contributed by atoms with Gasteiger partial charge in [-0.2, -0.15) is 0 Å². The normalized spacial score (nSPS) is 13.5. The molecular formula is C15H15FN2O. The molecule has 0 bridgehead atoms. The highest BCUT2D eigenvalue weighted by molar-refractivity contribution is 5.64. The Labute approximate surface area is 111 Å². The van der Waals surface area contributed by atoms with Crippen molar-refractivity contribution >= 4 is 11.4 Å². The number of benzene rings is 2. The van der Waals surface area contributed by atoms with E-state index in [1.54, 1.807) is 13.2 Å². The molecule has 0 fully saturated rings. The minimum Gasteiger partial charge on any atom is -0.494 e. The minimum atomic E-state index is -0.295. The standard InChI is InChI=1S/C15H15FN2O/c1-19-15-7-11(16)5-6-14(15)18-8-10-3-2-4-13(17)12(10)9-18/h2-7H,8-9,17H2,1H3. The van der Waals surface area contributed by atoms with Crippen LogP contribution in [-0.2, 0) is 13.1 Å². The van der Waals surface area contributed by atoms with Gasteiger partial charge in [-0.3, -0.25) is 0 Å². The van der Waals surface area contributed by atoms with Gasteiger partial charge in [0, 0.05) is 24.8 Å². The number of ether oxygens (including phenoxy) is 1. The first kappa shape index (κ1) is 11.8. The van der Waals surface area contributed by atoms with Crippen LogP contribution in [0.25, 0.3) is 0 Å². The zero-order valence-electron chi connectivity index (χ0n) is 10.7. The van der Waals surface area contributed by atoms with Crippen molar-refractivity contribution < 1.29 is 9.13 Å². The van der Waals surface area contributed by atoms with Gasteiger partial charge in [-0.15, -0.1) is 0 Å². The number of nitrogens with zero attached hydrogens (tertiary/aromatic N) is 1. The second kappa shape index (κ2) is 4.46. The largest absolute Gasteiger partial charge is 0.494 e. The Kier molecular flexibility index (Phi) is 2.78. The van der Waals surface area contributed by atoms with Crippen LogP contribution >= 0.6 is 0 Å². The summed E-state index contributed by atoms with van der Waals surface area (Å²) in [5.41, 5.74) is 10.0. The van der Waals surface area contributed by atoms with E-state index in [4.69, 9.17) is 10.5 Å². The van der Waals surface area contributed by atoms with Crippen LogP contribution in [0.15, 0.2) is 36.4 Å². The zero-order valence-corrected chi connectivity index (χ0v) is 10.7. The molecule has 2 N–H and O–H groups in total. The van der Waals surface area contributed by atoms with Crippen molar-refractivity contribution in [1.29, 1.82) is 0 Å². The molecule has 0 aliphatic carbocycles. The van der Waals surface area contributed by atoms with Crippen molar-refractivity contribution in [2.75, 3.05) is 17.7 Å². The first-order valence-electron chi connectivity index (χ1n) is 6.14. The number of anilines is 2. The van der Waals surface area contributed by atoms with Gasteiger partial charge in [-0.1, -0.05) is 12.1 Å². The lowest BCUT2D eigenvalue weighted by Gasteiger charge is -2.20. The lowest BCUT2D eigenvalue weighted by molar-refractivity contribution is 0.411. The number of fused-ring (bicyclic) bond motifs is 1. The SMILES string of the molecule is COc1cc(F)ccc1N1Cc2cccc(N)c2C1. The van der Waals surface area contributed by atoms with Gasteiger partial charge in [0.1, 0.15) is 11.6 Å². The van der Waals surface area contributed by atoms with Gasteiger partial charge in [0.25, 0.3) is 0 Å². The summed E-state index contributed by atoms with van der Waals surface area (Å²) in [6, 6.07) is 10.5. The molecule has 3 nitrogen and oxygen atoms in total. The highest BCUT2D eigenvalue weighted by atomic mass is 19.1. The Morgan fingerprint density at radius 3 is 2.79 bits per heavy atom. The third-order valence-electron chi connectivity index (χ3n) is 3.50. The van der Waals surface area contributed by atoms with E-state index >= 15 is 0 Å². The highest BCUT2D eigenvalue weighted by Gasteiger charge is 2.23. The number of hydrogen-bond acceptors (Lipinski definition) is 3. The van der Waals surface area contributed by atoms with Gasteiger partial charge in [-0.05, 0) is 29.3 Å². The topological polar surface area (TPSA) is 38.5 Å². The molecule has 1 heterocycles. The molecule has 0 saturated carbocycles. The van der Waals surface area contributed by atoms with Crippen LogP contribution in [0.5, 0.6) is 5.75 Å². The molecule has 0 spiro atoms. The summed E-state index contributed by atoms with van der Waals surface area (Å²) in [5, 5.41) is 0. The Morgan fingerprint density at radius 1 is 1.21 bits per heavy atom. The van der Waals surface area contributed by atoms with Gasteiger partial charge in [0.05, 0.1) is 12.8 Å². The number of rotatable bonds is 2. The van der Waals surface area contributed by atoms with Crippen LogP contribution in [0.1, 0.15) is 11.1 Å². The van der Waals surface area contributed by atoms with Crippen LogP contribution < -0.4 is 15.4 Å². The van der Waals surface area contributed by atoms with Crippen LogP contribution in [0.2, 0.25) is 0 Å². The summed E-state index contributed by atoms with van der Waals surface area (Å²) in [6.07, 6.45) is 0. The molecule has 0 unspecified atom stereocenters. The maximum Gasteiger partial charge on any atom is 0.145 e. The first-order chi connectivity index (χ1) is 9.19. The van der Waals surface area contributed by atoms with E-state index in [0.29, 0.717) is 5.75 Å². The lowest BCUT2D eigenvalue weighted by Crippen LogP contribution is -2.15. The van der Waals surface area contributed by atoms with Crippen LogP contribution in [0.4, 0.5) is 15.8 Å². The molecule has 2 aromatic carbocycles. The minimum absolute atomic E-state index is 0.295. The first-order valence-corrected chi connectivity index (χ1v) is 6.14. The molecule has 1 aliphatic heterocycles. The molecule has 4 heteroatoms. The van der Waals surface area contributed by atoms with Crippen molar-refractivity contribution in [2.24, 2.45) is 0 Å². The van der Waals surface area contributed by atoms with E-state index in [0.717, 1.165) is 30.0 Å². The average molecular weight is 258 g/mol. The second-order valence-corrected chi connectivity index (χ2v) is 4.66. The maximum atomic E-state index is 13.2. The van der Waals surface area contributed by atoms with Gasteiger partial charge in [-0.25, -0.2) is 4.39 Å². The molecule has 1 aliphatic rings. The molecule has 0 amide bonds. The number of hydrogen-bond donors (Lipinski definition) is 1. The summed E-state index contributed by atoms with van der Waals surface area (Å²) < 4.78 is 18.5. The summed E-state index contributed by atoms with van der Waals surface area (Å²) in [7, 11) is 1.55. The number of nitrogens with two attached hydrogens (primary N) is 1. The van der Waals surface area contributed by atoms with E-state index in [2.05, 4.69) is 11.0 Å². The van der Waals surface area contributed by atoms with Crippen LogP contribution in [0, 0.1) is 5.82 Å². The van der Waals surface area contributed by atoms with Crippen LogP contribution in [-0.4, -0.2) is 7.11 Å². The molecule has 19 heavy (non-hydrogen) atoms. The van der Waals surface area contributed by atoms with E-state index < -0.39 is 0 Å². The molecule has 0 atom stereocenters. The predicted molar refractivity (Wildman–Crippen MR) is 73.7 cm³/mol. The van der Waals surface area contributed by atoms with Gasteiger partial charge in [0.15, 0.2) is 0 Å². The van der Waals surface area contributed by atoms with Gasteiger partial charge in [0.2, 0.25) is 0 Å². The summed E-state index contributed by atoms with van der Waals surface area (Å²) in [4.78, 5) is 2.14. The molecule has 2 aromatic rings. The summed E-state index contributed by atoms with van der Waals surface area (Å²) in [6.45, 7) is 1.49. The van der Waals surface area contributed by atoms with E-state index in [9.17, 15) is 4.39 Å². The fourth-order valence-corrected chi connectivity index (χ4v) is 2.53. The van der Waals surface area contributed by atoms with Crippen LogP contribution in [0.3, 0.4) is 0 Å². The van der Waals surface area contributed by atoms with E-state index in [1.807, 2.05) is 12.1 Å². The Bertz CT molecular complexity index is 628. The van der Waals surface area contributed by atoms with Crippen molar-refractivity contribution in [3.05, 3.63) is 53.3 Å². The molecule has 0 saturated heterocycles. The third kappa shape index (κ3) is 1.99.